The highest BCUT2D eigenvalue weighted by atomic mass is 19.1. The Labute approximate surface area is 114 Å². The van der Waals surface area contributed by atoms with E-state index < -0.39 is 23.2 Å². The van der Waals surface area contributed by atoms with E-state index in [1.165, 1.54) is 0 Å². The number of aromatic nitrogens is 1. The lowest BCUT2D eigenvalue weighted by atomic mass is 10.1. The number of nitrogens with one attached hydrogen (secondary N) is 1. The van der Waals surface area contributed by atoms with E-state index in [1.54, 1.807) is 0 Å². The van der Waals surface area contributed by atoms with Gasteiger partial charge in [0.2, 0.25) is 0 Å². The van der Waals surface area contributed by atoms with Gasteiger partial charge in [0.05, 0.1) is 17.8 Å². The molecule has 0 aliphatic rings. The second-order valence-electron chi connectivity index (χ2n) is 4.26. The van der Waals surface area contributed by atoms with Crippen molar-refractivity contribution < 1.29 is 18.7 Å². The summed E-state index contributed by atoms with van der Waals surface area (Å²) in [5.41, 5.74) is 0.334. The summed E-state index contributed by atoms with van der Waals surface area (Å²) in [4.78, 5) is 10.8. The summed E-state index contributed by atoms with van der Waals surface area (Å²) in [6, 6.07) is 5.27. The van der Waals surface area contributed by atoms with Gasteiger partial charge < -0.3 is 15.0 Å². The van der Waals surface area contributed by atoms with Gasteiger partial charge in [0.25, 0.3) is 0 Å². The molecule has 1 heterocycles. The minimum atomic E-state index is -1.43. The largest absolute Gasteiger partial charge is 0.478 e. The molecule has 0 bridgehead atoms. The van der Waals surface area contributed by atoms with Crippen LogP contribution in [0.25, 0.3) is 0 Å². The Morgan fingerprint density at radius 1 is 1.35 bits per heavy atom. The van der Waals surface area contributed by atoms with Gasteiger partial charge in [0, 0.05) is 24.5 Å². The van der Waals surface area contributed by atoms with Gasteiger partial charge in [-0.05, 0) is 25.1 Å². The monoisotopic (exact) mass is 280 g/mol. The van der Waals surface area contributed by atoms with Gasteiger partial charge in [0.1, 0.15) is 11.6 Å². The third-order valence-corrected chi connectivity index (χ3v) is 3.01. The molecule has 2 rings (SSSR count). The lowest BCUT2D eigenvalue weighted by Gasteiger charge is -2.11. The normalized spacial score (nSPS) is 10.6. The Kier molecular flexibility index (Phi) is 4.02. The number of carboxylic acid groups (broad SMARTS) is 1. The van der Waals surface area contributed by atoms with E-state index in [0.717, 1.165) is 18.3 Å². The standard InChI is InChI=1S/C14H14F2N2O2/c1-2-18-5-3-4-9(18)8-17-13-6-10(14(19)20)11(15)7-12(13)16/h3-7,17H,2,8H2,1H3,(H,19,20). The number of rotatable bonds is 5. The maximum atomic E-state index is 13.6. The van der Waals surface area contributed by atoms with Crippen molar-refractivity contribution >= 4 is 11.7 Å². The van der Waals surface area contributed by atoms with E-state index in [4.69, 9.17) is 5.11 Å². The predicted molar refractivity (Wildman–Crippen MR) is 70.8 cm³/mol. The highest BCUT2D eigenvalue weighted by Gasteiger charge is 2.15. The van der Waals surface area contributed by atoms with Crippen LogP contribution in [0.3, 0.4) is 0 Å². The number of hydrogen-bond acceptors (Lipinski definition) is 2. The fraction of sp³-hybridized carbons (Fsp3) is 0.214. The highest BCUT2D eigenvalue weighted by molar-refractivity contribution is 5.89. The lowest BCUT2D eigenvalue weighted by Crippen LogP contribution is -2.09. The first-order chi connectivity index (χ1) is 9.52. The van der Waals surface area contributed by atoms with Crippen molar-refractivity contribution in [2.24, 2.45) is 0 Å². The Bertz CT molecular complexity index is 638. The number of halogens is 2. The van der Waals surface area contributed by atoms with Crippen LogP contribution in [0.15, 0.2) is 30.5 Å². The summed E-state index contributed by atoms with van der Waals surface area (Å²) in [6.07, 6.45) is 1.89. The van der Waals surface area contributed by atoms with Crippen LogP contribution in [-0.2, 0) is 13.1 Å². The zero-order valence-corrected chi connectivity index (χ0v) is 10.9. The summed E-state index contributed by atoms with van der Waals surface area (Å²) in [7, 11) is 0. The number of carboxylic acids is 1. The maximum absolute atomic E-state index is 13.6. The highest BCUT2D eigenvalue weighted by Crippen LogP contribution is 2.20. The van der Waals surface area contributed by atoms with Gasteiger partial charge in [-0.1, -0.05) is 0 Å². The molecule has 0 saturated carbocycles. The topological polar surface area (TPSA) is 54.3 Å². The van der Waals surface area contributed by atoms with Crippen LogP contribution in [-0.4, -0.2) is 15.6 Å². The number of aromatic carboxylic acids is 1. The summed E-state index contributed by atoms with van der Waals surface area (Å²) < 4.78 is 28.8. The number of aryl methyl sites for hydroxylation is 1. The zero-order valence-electron chi connectivity index (χ0n) is 10.9. The molecule has 2 aromatic rings. The summed E-state index contributed by atoms with van der Waals surface area (Å²) in [6.45, 7) is 3.07. The van der Waals surface area contributed by atoms with Crippen molar-refractivity contribution in [3.05, 3.63) is 53.4 Å². The second-order valence-corrected chi connectivity index (χ2v) is 4.26. The average Bonchev–Trinajstić information content (AvgIpc) is 2.84. The van der Waals surface area contributed by atoms with Gasteiger partial charge in [-0.2, -0.15) is 0 Å². The molecule has 0 fully saturated rings. The van der Waals surface area contributed by atoms with Crippen molar-refractivity contribution in [3.8, 4) is 0 Å². The smallest absolute Gasteiger partial charge is 0.338 e. The first kappa shape index (κ1) is 14.0. The molecule has 0 spiro atoms. The van der Waals surface area contributed by atoms with E-state index in [2.05, 4.69) is 5.32 Å². The quantitative estimate of drug-likeness (QED) is 0.885. The van der Waals surface area contributed by atoms with E-state index in [-0.39, 0.29) is 5.69 Å². The van der Waals surface area contributed by atoms with Gasteiger partial charge >= 0.3 is 5.97 Å². The van der Waals surface area contributed by atoms with Crippen LogP contribution in [0.5, 0.6) is 0 Å². The van der Waals surface area contributed by atoms with Gasteiger partial charge in [-0.15, -0.1) is 0 Å². The molecule has 0 radical (unpaired) electrons. The number of benzene rings is 1. The average molecular weight is 280 g/mol. The molecular formula is C14H14F2N2O2. The molecule has 0 amide bonds. The first-order valence-electron chi connectivity index (χ1n) is 6.13. The maximum Gasteiger partial charge on any atom is 0.338 e. The number of hydrogen-bond donors (Lipinski definition) is 2. The van der Waals surface area contributed by atoms with Crippen LogP contribution in [0, 0.1) is 11.6 Å². The Hall–Kier alpha value is -2.37. The first-order valence-corrected chi connectivity index (χ1v) is 6.13. The van der Waals surface area contributed by atoms with Crippen molar-refractivity contribution in [2.75, 3.05) is 5.32 Å². The van der Waals surface area contributed by atoms with Crippen molar-refractivity contribution in [1.82, 2.24) is 4.57 Å². The Balaban J connectivity index is 2.21. The molecule has 106 valence electrons. The predicted octanol–water partition coefficient (Wildman–Crippen LogP) is 3.10. The van der Waals surface area contributed by atoms with Crippen molar-refractivity contribution in [3.63, 3.8) is 0 Å². The van der Waals surface area contributed by atoms with E-state index >= 15 is 0 Å². The molecule has 2 N–H and O–H groups in total. The molecule has 0 atom stereocenters. The number of nitrogens with zero attached hydrogens (tertiary/aromatic N) is 1. The summed E-state index contributed by atoms with van der Waals surface area (Å²) in [5, 5.41) is 11.6. The minimum Gasteiger partial charge on any atom is -0.478 e. The van der Waals surface area contributed by atoms with Crippen LogP contribution in [0.1, 0.15) is 23.0 Å². The van der Waals surface area contributed by atoms with Crippen LogP contribution < -0.4 is 5.32 Å². The van der Waals surface area contributed by atoms with Gasteiger partial charge in [0.15, 0.2) is 0 Å². The fourth-order valence-corrected chi connectivity index (χ4v) is 1.95. The minimum absolute atomic E-state index is 0.0346. The molecule has 4 nitrogen and oxygen atoms in total. The fourth-order valence-electron chi connectivity index (χ4n) is 1.95. The van der Waals surface area contributed by atoms with E-state index in [1.807, 2.05) is 29.8 Å². The van der Waals surface area contributed by atoms with Crippen LogP contribution in [0.4, 0.5) is 14.5 Å². The molecule has 6 heteroatoms. The molecule has 1 aromatic carbocycles. The molecule has 0 saturated heterocycles. The molecule has 0 aliphatic heterocycles. The third kappa shape index (κ3) is 2.79. The van der Waals surface area contributed by atoms with E-state index in [0.29, 0.717) is 12.6 Å². The summed E-state index contributed by atoms with van der Waals surface area (Å²) >= 11 is 0. The molecule has 1 aromatic heterocycles. The van der Waals surface area contributed by atoms with Crippen LogP contribution >= 0.6 is 0 Å². The molecular weight excluding hydrogens is 266 g/mol. The van der Waals surface area contributed by atoms with Gasteiger partial charge in [-0.3, -0.25) is 0 Å². The van der Waals surface area contributed by atoms with Crippen molar-refractivity contribution in [1.29, 1.82) is 0 Å². The summed E-state index contributed by atoms with van der Waals surface area (Å²) in [5.74, 6) is -3.33. The SMILES string of the molecule is CCn1cccc1CNc1cc(C(=O)O)c(F)cc1F. The Morgan fingerprint density at radius 2 is 2.10 bits per heavy atom. The lowest BCUT2D eigenvalue weighted by molar-refractivity contribution is 0.0692. The molecule has 20 heavy (non-hydrogen) atoms. The second kappa shape index (κ2) is 5.73. The molecule has 0 aliphatic carbocycles. The zero-order chi connectivity index (χ0) is 14.7. The molecule has 0 unspecified atom stereocenters. The van der Waals surface area contributed by atoms with Crippen molar-refractivity contribution in [2.45, 2.75) is 20.0 Å². The third-order valence-electron chi connectivity index (χ3n) is 3.01. The van der Waals surface area contributed by atoms with E-state index in [9.17, 15) is 13.6 Å². The number of carbonyl (C=O) groups is 1. The van der Waals surface area contributed by atoms with Gasteiger partial charge in [-0.25, -0.2) is 13.6 Å². The Morgan fingerprint density at radius 3 is 2.75 bits per heavy atom. The number of anilines is 1. The van der Waals surface area contributed by atoms with Crippen LogP contribution in [0.2, 0.25) is 0 Å².